The van der Waals surface area contributed by atoms with Gasteiger partial charge in [0.1, 0.15) is 5.82 Å². The van der Waals surface area contributed by atoms with Gasteiger partial charge in [-0.05, 0) is 48.0 Å². The molecule has 0 unspecified atom stereocenters. The molecule has 5 nitrogen and oxygen atoms in total. The second-order valence-corrected chi connectivity index (χ2v) is 10.3. The lowest BCUT2D eigenvalue weighted by Gasteiger charge is -2.34. The van der Waals surface area contributed by atoms with E-state index in [1.807, 2.05) is 12.1 Å². The monoisotopic (exact) mass is 539 g/mol. The van der Waals surface area contributed by atoms with Gasteiger partial charge in [0.2, 0.25) is 0 Å². The fraction of sp³-hybridized carbons (Fsp3) is 0.250. The van der Waals surface area contributed by atoms with Gasteiger partial charge in [0, 0.05) is 54.2 Å². The number of benzene rings is 2. The van der Waals surface area contributed by atoms with Crippen molar-refractivity contribution in [2.75, 3.05) is 26.2 Å². The molecule has 2 aromatic carbocycles. The number of thiophene rings is 1. The summed E-state index contributed by atoms with van der Waals surface area (Å²) in [5.41, 5.74) is 1.11. The Hall–Kier alpha value is -2.16. The first-order valence-electron chi connectivity index (χ1n) is 10.6. The lowest BCUT2D eigenvalue weighted by molar-refractivity contribution is 0.0629. The Morgan fingerprint density at radius 1 is 0.941 bits per heavy atom. The summed E-state index contributed by atoms with van der Waals surface area (Å²) >= 11 is 19.6. The number of piperazine rings is 1. The van der Waals surface area contributed by atoms with E-state index >= 15 is 0 Å². The van der Waals surface area contributed by atoms with Gasteiger partial charge in [0.25, 0.3) is 11.8 Å². The fourth-order valence-electron chi connectivity index (χ4n) is 3.68. The number of amides is 2. The highest BCUT2D eigenvalue weighted by molar-refractivity contribution is 7.14. The van der Waals surface area contributed by atoms with Crippen LogP contribution in [0.2, 0.25) is 15.1 Å². The largest absolute Gasteiger partial charge is 0.347 e. The van der Waals surface area contributed by atoms with E-state index in [1.54, 1.807) is 23.1 Å². The number of halogens is 4. The zero-order valence-corrected chi connectivity index (χ0v) is 21.1. The van der Waals surface area contributed by atoms with Crippen molar-refractivity contribution in [3.05, 3.63) is 90.3 Å². The first-order valence-corrected chi connectivity index (χ1v) is 12.5. The molecule has 1 saturated heterocycles. The van der Waals surface area contributed by atoms with Crippen LogP contribution >= 0.6 is 46.1 Å². The predicted octanol–water partition coefficient (Wildman–Crippen LogP) is 5.74. The van der Waals surface area contributed by atoms with Gasteiger partial charge in [-0.25, -0.2) is 4.39 Å². The molecule has 34 heavy (non-hydrogen) atoms. The van der Waals surface area contributed by atoms with E-state index in [0.29, 0.717) is 59.8 Å². The molecule has 0 bridgehead atoms. The molecule has 0 saturated carbocycles. The zero-order valence-electron chi connectivity index (χ0n) is 18.0. The maximum atomic E-state index is 13.3. The lowest BCUT2D eigenvalue weighted by Crippen LogP contribution is -2.48. The Labute approximate surface area is 216 Å². The number of nitrogens with one attached hydrogen (secondary N) is 1. The topological polar surface area (TPSA) is 52.7 Å². The summed E-state index contributed by atoms with van der Waals surface area (Å²) in [5, 5.41) is 4.07. The molecule has 1 fully saturated rings. The normalized spacial score (nSPS) is 14.3. The molecule has 2 heterocycles. The number of carbonyl (C=O) groups excluding carboxylic acids is 2. The van der Waals surface area contributed by atoms with Crippen molar-refractivity contribution in [2.45, 2.75) is 13.1 Å². The molecule has 0 atom stereocenters. The summed E-state index contributed by atoms with van der Waals surface area (Å²) in [4.78, 5) is 30.9. The molecule has 2 amide bonds. The first kappa shape index (κ1) is 24.9. The van der Waals surface area contributed by atoms with Crippen LogP contribution in [0.4, 0.5) is 4.39 Å². The lowest BCUT2D eigenvalue weighted by atomic mass is 10.1. The van der Waals surface area contributed by atoms with Crippen LogP contribution in [-0.2, 0) is 13.1 Å². The van der Waals surface area contributed by atoms with Crippen molar-refractivity contribution in [2.24, 2.45) is 0 Å². The van der Waals surface area contributed by atoms with E-state index in [9.17, 15) is 14.0 Å². The molecule has 0 aliphatic carbocycles. The number of hydrogen-bond donors (Lipinski definition) is 1. The van der Waals surface area contributed by atoms with E-state index in [1.165, 1.54) is 23.5 Å². The highest BCUT2D eigenvalue weighted by Gasteiger charge is 2.24. The minimum atomic E-state index is -0.468. The van der Waals surface area contributed by atoms with Crippen molar-refractivity contribution >= 4 is 58.0 Å². The summed E-state index contributed by atoms with van der Waals surface area (Å²) in [7, 11) is 0. The van der Waals surface area contributed by atoms with Gasteiger partial charge in [0.15, 0.2) is 0 Å². The number of rotatable bonds is 6. The van der Waals surface area contributed by atoms with Gasteiger partial charge in [-0.15, -0.1) is 11.3 Å². The third-order valence-corrected chi connectivity index (χ3v) is 7.51. The Bertz CT molecular complexity index is 1210. The Balaban J connectivity index is 1.27. The summed E-state index contributed by atoms with van der Waals surface area (Å²) < 4.78 is 13.3. The van der Waals surface area contributed by atoms with Crippen molar-refractivity contribution < 1.29 is 14.0 Å². The molecular formula is C24H21Cl3FN3O2S. The van der Waals surface area contributed by atoms with Gasteiger partial charge < -0.3 is 10.2 Å². The molecule has 1 aliphatic heterocycles. The van der Waals surface area contributed by atoms with Gasteiger partial charge in [0.05, 0.1) is 15.5 Å². The first-order chi connectivity index (χ1) is 16.3. The van der Waals surface area contributed by atoms with E-state index in [2.05, 4.69) is 10.2 Å². The van der Waals surface area contributed by atoms with Crippen LogP contribution in [0.15, 0.2) is 48.5 Å². The maximum Gasteiger partial charge on any atom is 0.261 e. The van der Waals surface area contributed by atoms with Gasteiger partial charge in [-0.3, -0.25) is 14.5 Å². The highest BCUT2D eigenvalue weighted by Crippen LogP contribution is 2.23. The smallest absolute Gasteiger partial charge is 0.261 e. The molecule has 3 aromatic rings. The number of carbonyl (C=O) groups is 2. The zero-order chi connectivity index (χ0) is 24.2. The Kier molecular flexibility index (Phi) is 8.11. The molecule has 4 rings (SSSR count). The second kappa shape index (κ2) is 11.1. The average molecular weight is 541 g/mol. The summed E-state index contributed by atoms with van der Waals surface area (Å²) in [6, 6.07) is 12.8. The third kappa shape index (κ3) is 6.09. The predicted molar refractivity (Wildman–Crippen MR) is 135 cm³/mol. The highest BCUT2D eigenvalue weighted by atomic mass is 35.5. The van der Waals surface area contributed by atoms with E-state index in [0.717, 1.165) is 16.5 Å². The molecule has 1 aliphatic rings. The van der Waals surface area contributed by atoms with Crippen molar-refractivity contribution in [3.63, 3.8) is 0 Å². The van der Waals surface area contributed by atoms with Crippen LogP contribution in [0.25, 0.3) is 0 Å². The summed E-state index contributed by atoms with van der Waals surface area (Å²) in [5.74, 6) is -0.821. The van der Waals surface area contributed by atoms with Crippen LogP contribution < -0.4 is 5.32 Å². The van der Waals surface area contributed by atoms with Crippen molar-refractivity contribution in [1.29, 1.82) is 0 Å². The maximum absolute atomic E-state index is 13.3. The van der Waals surface area contributed by atoms with Crippen molar-refractivity contribution in [3.8, 4) is 0 Å². The van der Waals surface area contributed by atoms with E-state index in [4.69, 9.17) is 34.8 Å². The van der Waals surface area contributed by atoms with E-state index < -0.39 is 5.82 Å². The van der Waals surface area contributed by atoms with E-state index in [-0.39, 0.29) is 16.8 Å². The summed E-state index contributed by atoms with van der Waals surface area (Å²) in [6.07, 6.45) is 0. The molecule has 0 spiro atoms. The minimum absolute atomic E-state index is 0.121. The fourth-order valence-corrected chi connectivity index (χ4v) is 5.37. The quantitative estimate of drug-likeness (QED) is 0.434. The van der Waals surface area contributed by atoms with Crippen LogP contribution in [0.3, 0.4) is 0 Å². The molecule has 178 valence electrons. The van der Waals surface area contributed by atoms with Gasteiger partial charge >= 0.3 is 0 Å². The SMILES string of the molecule is O=C(NCc1ccc(Cl)cc1Cl)c1ccc(CN2CCN(C(=O)c3ccc(F)cc3Cl)CC2)s1. The van der Waals surface area contributed by atoms with Crippen LogP contribution in [0.1, 0.15) is 30.5 Å². The standard InChI is InChI=1S/C24H21Cl3FN3O2S/c25-16-2-1-15(20(26)11-16)13-29-23(32)22-6-4-18(34-22)14-30-7-9-31(10-8-30)24(33)19-5-3-17(28)12-21(19)27/h1-6,11-12H,7-10,13-14H2,(H,29,32). The molecule has 0 radical (unpaired) electrons. The summed E-state index contributed by atoms with van der Waals surface area (Å²) in [6.45, 7) is 3.49. The number of nitrogens with zero attached hydrogens (tertiary/aromatic N) is 2. The second-order valence-electron chi connectivity index (χ2n) is 7.88. The van der Waals surface area contributed by atoms with Gasteiger partial charge in [-0.2, -0.15) is 0 Å². The van der Waals surface area contributed by atoms with Crippen LogP contribution in [0.5, 0.6) is 0 Å². The minimum Gasteiger partial charge on any atom is -0.347 e. The molecule has 1 aromatic heterocycles. The molecular weight excluding hydrogens is 520 g/mol. The van der Waals surface area contributed by atoms with Crippen molar-refractivity contribution in [1.82, 2.24) is 15.1 Å². The van der Waals surface area contributed by atoms with Crippen LogP contribution in [-0.4, -0.2) is 47.8 Å². The van der Waals surface area contributed by atoms with Crippen LogP contribution in [0, 0.1) is 5.82 Å². The average Bonchev–Trinajstić information content (AvgIpc) is 3.27. The molecule has 1 N–H and O–H groups in total. The Morgan fingerprint density at radius 2 is 1.71 bits per heavy atom. The third-order valence-electron chi connectivity index (χ3n) is 5.54. The number of hydrogen-bond acceptors (Lipinski definition) is 4. The molecule has 10 heteroatoms. The Morgan fingerprint density at radius 3 is 2.41 bits per heavy atom. The van der Waals surface area contributed by atoms with Gasteiger partial charge in [-0.1, -0.05) is 40.9 Å².